The summed E-state index contributed by atoms with van der Waals surface area (Å²) < 4.78 is 0. The van der Waals surface area contributed by atoms with Gasteiger partial charge in [0.2, 0.25) is 0 Å². The Hall–Kier alpha value is -0.300. The molecule has 1 heteroatoms. The first kappa shape index (κ1) is 8.96. The fourth-order valence-corrected chi connectivity index (χ4v) is 3.95. The van der Waals surface area contributed by atoms with E-state index in [1.54, 1.807) is 5.57 Å². The van der Waals surface area contributed by atoms with Crippen molar-refractivity contribution in [2.45, 2.75) is 57.4 Å². The first-order valence-electron chi connectivity index (χ1n) is 6.32. The van der Waals surface area contributed by atoms with Gasteiger partial charge in [0.1, 0.15) is 0 Å². The van der Waals surface area contributed by atoms with Gasteiger partial charge in [0.25, 0.3) is 0 Å². The Morgan fingerprint density at radius 3 is 2.79 bits per heavy atom. The van der Waals surface area contributed by atoms with Crippen LogP contribution in [0.2, 0.25) is 0 Å². The lowest BCUT2D eigenvalue weighted by Gasteiger charge is -2.44. The molecule has 0 unspecified atom stereocenters. The van der Waals surface area contributed by atoms with Crippen LogP contribution in [0.3, 0.4) is 0 Å². The Balaban J connectivity index is 1.95. The highest BCUT2D eigenvalue weighted by Crippen LogP contribution is 2.47. The van der Waals surface area contributed by atoms with Crippen molar-refractivity contribution in [1.29, 1.82) is 0 Å². The molecule has 0 amide bonds. The van der Waals surface area contributed by atoms with Crippen LogP contribution >= 0.6 is 0 Å². The molecule has 0 radical (unpaired) electrons. The number of hydrogen-bond acceptors (Lipinski definition) is 1. The van der Waals surface area contributed by atoms with Gasteiger partial charge < -0.3 is 5.73 Å². The van der Waals surface area contributed by atoms with Gasteiger partial charge in [0, 0.05) is 6.04 Å². The highest BCUT2D eigenvalue weighted by atomic mass is 14.7. The number of fused-ring (bicyclic) bond motifs is 3. The van der Waals surface area contributed by atoms with Crippen LogP contribution < -0.4 is 5.73 Å². The lowest BCUT2D eigenvalue weighted by Crippen LogP contribution is -2.45. The fourth-order valence-electron chi connectivity index (χ4n) is 3.95. The van der Waals surface area contributed by atoms with Gasteiger partial charge in [0.05, 0.1) is 0 Å². The van der Waals surface area contributed by atoms with E-state index in [1.807, 2.05) is 5.57 Å². The summed E-state index contributed by atoms with van der Waals surface area (Å²) in [6, 6.07) is 0.514. The van der Waals surface area contributed by atoms with Crippen LogP contribution in [-0.2, 0) is 0 Å². The summed E-state index contributed by atoms with van der Waals surface area (Å²) >= 11 is 0. The first-order valence-corrected chi connectivity index (χ1v) is 6.32. The number of hydrogen-bond donors (Lipinski definition) is 1. The van der Waals surface area contributed by atoms with Gasteiger partial charge in [-0.05, 0) is 56.8 Å². The van der Waals surface area contributed by atoms with E-state index in [9.17, 15) is 0 Å². The van der Waals surface area contributed by atoms with Gasteiger partial charge >= 0.3 is 0 Å². The molecule has 0 aromatic heterocycles. The lowest BCUT2D eigenvalue weighted by molar-refractivity contribution is 0.213. The maximum absolute atomic E-state index is 6.36. The van der Waals surface area contributed by atoms with Gasteiger partial charge in [-0.2, -0.15) is 0 Å². The quantitative estimate of drug-likeness (QED) is 0.585. The van der Waals surface area contributed by atoms with E-state index in [1.165, 1.54) is 51.4 Å². The van der Waals surface area contributed by atoms with Crippen molar-refractivity contribution in [3.05, 3.63) is 11.1 Å². The topological polar surface area (TPSA) is 26.0 Å². The maximum Gasteiger partial charge on any atom is 0.0136 e. The molecule has 3 aliphatic rings. The summed E-state index contributed by atoms with van der Waals surface area (Å²) in [7, 11) is 0. The predicted molar refractivity (Wildman–Crippen MR) is 58.9 cm³/mol. The highest BCUT2D eigenvalue weighted by molar-refractivity contribution is 5.26. The maximum atomic E-state index is 6.36. The molecule has 1 saturated carbocycles. The predicted octanol–water partition coefficient (Wildman–Crippen LogP) is 3.00. The first-order chi connectivity index (χ1) is 6.86. The largest absolute Gasteiger partial charge is 0.327 e. The number of rotatable bonds is 0. The average molecular weight is 191 g/mol. The summed E-state index contributed by atoms with van der Waals surface area (Å²) in [4.78, 5) is 0. The van der Waals surface area contributed by atoms with E-state index in [-0.39, 0.29) is 0 Å². The smallest absolute Gasteiger partial charge is 0.0136 e. The molecule has 0 aromatic carbocycles. The van der Waals surface area contributed by atoms with E-state index < -0.39 is 0 Å². The molecular weight excluding hydrogens is 170 g/mol. The van der Waals surface area contributed by atoms with E-state index in [0.29, 0.717) is 6.04 Å². The molecule has 78 valence electrons. The fraction of sp³-hybridized carbons (Fsp3) is 0.846. The number of allylic oxidation sites excluding steroid dienone is 1. The summed E-state index contributed by atoms with van der Waals surface area (Å²) in [5.74, 6) is 1.63. The summed E-state index contributed by atoms with van der Waals surface area (Å²) in [5.41, 5.74) is 9.99. The Kier molecular flexibility index (Phi) is 2.16. The molecule has 2 N–H and O–H groups in total. The van der Waals surface area contributed by atoms with Gasteiger partial charge in [-0.3, -0.25) is 0 Å². The van der Waals surface area contributed by atoms with Gasteiger partial charge in [-0.1, -0.05) is 17.6 Å². The molecule has 0 saturated heterocycles. The second-order valence-corrected chi connectivity index (χ2v) is 5.41. The van der Waals surface area contributed by atoms with Crippen LogP contribution in [0.1, 0.15) is 51.4 Å². The third kappa shape index (κ3) is 1.25. The second kappa shape index (κ2) is 3.37. The van der Waals surface area contributed by atoms with Crippen molar-refractivity contribution in [1.82, 2.24) is 0 Å². The summed E-state index contributed by atoms with van der Waals surface area (Å²) in [6.07, 6.45) is 11.2. The van der Waals surface area contributed by atoms with E-state index in [2.05, 4.69) is 0 Å². The molecule has 1 fully saturated rings. The summed E-state index contributed by atoms with van der Waals surface area (Å²) in [6.45, 7) is 0. The van der Waals surface area contributed by atoms with Crippen LogP contribution in [0, 0.1) is 11.8 Å². The highest BCUT2D eigenvalue weighted by Gasteiger charge is 2.38. The SMILES string of the molecule is N[C@@H]1[C@@H]2CCC[C@@H]1C1=C(CCCC1)C2. The molecule has 2 bridgehead atoms. The van der Waals surface area contributed by atoms with Gasteiger partial charge in [-0.25, -0.2) is 0 Å². The molecule has 0 aromatic rings. The Bertz CT molecular complexity index is 266. The zero-order valence-corrected chi connectivity index (χ0v) is 8.97. The van der Waals surface area contributed by atoms with Gasteiger partial charge in [0.15, 0.2) is 0 Å². The normalized spacial score (nSPS) is 42.2. The van der Waals surface area contributed by atoms with Crippen LogP contribution in [0.5, 0.6) is 0 Å². The average Bonchev–Trinajstić information content (AvgIpc) is 2.18. The Morgan fingerprint density at radius 1 is 1.00 bits per heavy atom. The van der Waals surface area contributed by atoms with Crippen LogP contribution in [0.25, 0.3) is 0 Å². The number of nitrogens with two attached hydrogens (primary N) is 1. The lowest BCUT2D eigenvalue weighted by atomic mass is 9.63. The molecule has 0 heterocycles. The monoisotopic (exact) mass is 191 g/mol. The molecule has 0 spiro atoms. The standard InChI is InChI=1S/C13H21N/c14-13-10-5-3-7-12(13)11-6-2-1-4-9(11)8-10/h10,12-13H,1-8,14H2/t10-,12-,13-/m1/s1. The van der Waals surface area contributed by atoms with Crippen LogP contribution in [-0.4, -0.2) is 6.04 Å². The molecule has 3 atom stereocenters. The summed E-state index contributed by atoms with van der Waals surface area (Å²) in [5, 5.41) is 0. The molecule has 1 nitrogen and oxygen atoms in total. The molecule has 14 heavy (non-hydrogen) atoms. The van der Waals surface area contributed by atoms with Crippen molar-refractivity contribution < 1.29 is 0 Å². The minimum atomic E-state index is 0.514. The second-order valence-electron chi connectivity index (χ2n) is 5.41. The van der Waals surface area contributed by atoms with Crippen molar-refractivity contribution in [3.8, 4) is 0 Å². The van der Waals surface area contributed by atoms with Crippen LogP contribution in [0.15, 0.2) is 11.1 Å². The third-order valence-corrected chi connectivity index (χ3v) is 4.68. The van der Waals surface area contributed by atoms with Crippen molar-refractivity contribution in [2.75, 3.05) is 0 Å². The van der Waals surface area contributed by atoms with Crippen molar-refractivity contribution >= 4 is 0 Å². The Morgan fingerprint density at radius 2 is 1.86 bits per heavy atom. The minimum absolute atomic E-state index is 0.514. The zero-order chi connectivity index (χ0) is 9.54. The third-order valence-electron chi connectivity index (χ3n) is 4.68. The van der Waals surface area contributed by atoms with Crippen LogP contribution in [0.4, 0.5) is 0 Å². The molecule has 3 rings (SSSR count). The molecule has 3 aliphatic carbocycles. The van der Waals surface area contributed by atoms with Gasteiger partial charge in [-0.15, -0.1) is 0 Å². The van der Waals surface area contributed by atoms with E-state index >= 15 is 0 Å². The minimum Gasteiger partial charge on any atom is -0.327 e. The molecule has 0 aliphatic heterocycles. The van der Waals surface area contributed by atoms with E-state index in [4.69, 9.17) is 5.73 Å². The van der Waals surface area contributed by atoms with E-state index in [0.717, 1.165) is 11.8 Å². The Labute approximate surface area is 86.8 Å². The zero-order valence-electron chi connectivity index (χ0n) is 8.97. The van der Waals surface area contributed by atoms with Crippen molar-refractivity contribution in [2.24, 2.45) is 17.6 Å². The molecular formula is C13H21N. The van der Waals surface area contributed by atoms with Crippen molar-refractivity contribution in [3.63, 3.8) is 0 Å².